The molecular weight excluding hydrogens is 288 g/mol. The van der Waals surface area contributed by atoms with Gasteiger partial charge in [-0.25, -0.2) is 4.98 Å². The van der Waals surface area contributed by atoms with Crippen molar-refractivity contribution < 1.29 is 13.5 Å². The minimum Gasteiger partial charge on any atom is -0.377 e. The van der Waals surface area contributed by atoms with Crippen molar-refractivity contribution in [1.82, 2.24) is 14.5 Å². The molecule has 1 aliphatic heterocycles. The van der Waals surface area contributed by atoms with Crippen molar-refractivity contribution in [2.24, 2.45) is 0 Å². The molecule has 4 nitrogen and oxygen atoms in total. The lowest BCUT2D eigenvalue weighted by Crippen LogP contribution is -2.33. The maximum absolute atomic E-state index is 13.4. The van der Waals surface area contributed by atoms with Gasteiger partial charge in [0.05, 0.1) is 23.7 Å². The van der Waals surface area contributed by atoms with E-state index in [9.17, 15) is 8.78 Å². The second-order valence-electron chi connectivity index (χ2n) is 5.85. The third kappa shape index (κ3) is 3.28. The number of halogens is 2. The van der Waals surface area contributed by atoms with E-state index in [1.807, 2.05) is 18.0 Å². The number of aromatic nitrogens is 2. The molecule has 22 heavy (non-hydrogen) atoms. The number of alkyl halides is 2. The smallest absolute Gasteiger partial charge is 0.320 e. The summed E-state index contributed by atoms with van der Waals surface area (Å²) in [4.78, 5) is 6.38. The molecular formula is C16H21F2N3O. The zero-order chi connectivity index (χ0) is 15.5. The Bertz CT molecular complexity index is 623. The number of likely N-dealkylation sites (N-methyl/N-ethyl adjacent to an activating group) is 1. The minimum absolute atomic E-state index is 0.197. The zero-order valence-corrected chi connectivity index (χ0v) is 12.7. The Balaban J connectivity index is 1.76. The Hall–Kier alpha value is -1.53. The van der Waals surface area contributed by atoms with E-state index in [-0.39, 0.29) is 6.10 Å². The quantitative estimate of drug-likeness (QED) is 0.847. The lowest BCUT2D eigenvalue weighted by molar-refractivity contribution is -0.00378. The van der Waals surface area contributed by atoms with Crippen LogP contribution < -0.4 is 0 Å². The van der Waals surface area contributed by atoms with E-state index >= 15 is 0 Å². The predicted molar refractivity (Wildman–Crippen MR) is 80.9 cm³/mol. The highest BCUT2D eigenvalue weighted by Gasteiger charge is 2.21. The highest BCUT2D eigenvalue weighted by Crippen LogP contribution is 2.24. The van der Waals surface area contributed by atoms with E-state index in [0.29, 0.717) is 23.4 Å². The maximum Gasteiger partial charge on any atom is 0.320 e. The lowest BCUT2D eigenvalue weighted by atomic mass is 10.1. The number of imidazole rings is 1. The predicted octanol–water partition coefficient (Wildman–Crippen LogP) is 3.43. The number of hydrogen-bond donors (Lipinski definition) is 0. The summed E-state index contributed by atoms with van der Waals surface area (Å²) in [6.07, 6.45) is 3.52. The van der Waals surface area contributed by atoms with Crippen LogP contribution in [0.3, 0.4) is 0 Å². The molecule has 1 aliphatic rings. The minimum atomic E-state index is -2.58. The van der Waals surface area contributed by atoms with Crippen molar-refractivity contribution in [2.45, 2.75) is 38.5 Å². The Morgan fingerprint density at radius 2 is 2.18 bits per heavy atom. The largest absolute Gasteiger partial charge is 0.377 e. The van der Waals surface area contributed by atoms with E-state index in [0.717, 1.165) is 30.6 Å². The van der Waals surface area contributed by atoms with Gasteiger partial charge in [-0.05, 0) is 38.4 Å². The van der Waals surface area contributed by atoms with Gasteiger partial charge in [-0.15, -0.1) is 0 Å². The van der Waals surface area contributed by atoms with E-state index < -0.39 is 6.55 Å². The average Bonchev–Trinajstić information content (AvgIpc) is 2.85. The Morgan fingerprint density at radius 3 is 2.91 bits per heavy atom. The van der Waals surface area contributed by atoms with Gasteiger partial charge in [0, 0.05) is 13.2 Å². The second kappa shape index (κ2) is 6.71. The molecule has 1 aromatic heterocycles. The van der Waals surface area contributed by atoms with E-state index in [1.165, 1.54) is 6.42 Å². The first-order chi connectivity index (χ1) is 10.6. The summed E-state index contributed by atoms with van der Waals surface area (Å²) in [6.45, 7) is -0.652. The first-order valence-corrected chi connectivity index (χ1v) is 7.69. The van der Waals surface area contributed by atoms with Gasteiger partial charge >= 0.3 is 6.55 Å². The van der Waals surface area contributed by atoms with Crippen molar-refractivity contribution in [2.75, 3.05) is 20.2 Å². The molecule has 1 aromatic carbocycles. The van der Waals surface area contributed by atoms with Crippen LogP contribution in [0.4, 0.5) is 8.78 Å². The van der Waals surface area contributed by atoms with Gasteiger partial charge in [-0.3, -0.25) is 9.47 Å². The Labute approximate surface area is 128 Å². The number of rotatable bonds is 5. The average molecular weight is 309 g/mol. The van der Waals surface area contributed by atoms with E-state index in [2.05, 4.69) is 4.98 Å². The fraction of sp³-hybridized carbons (Fsp3) is 0.562. The molecule has 0 saturated carbocycles. The molecule has 2 aromatic rings. The highest BCUT2D eigenvalue weighted by atomic mass is 19.3. The summed E-state index contributed by atoms with van der Waals surface area (Å²) in [5.74, 6) is 0.398. The van der Waals surface area contributed by atoms with Gasteiger partial charge in [0.15, 0.2) is 0 Å². The normalized spacial score (nSPS) is 19.4. The molecule has 0 unspecified atom stereocenters. The molecule has 0 amide bonds. The van der Waals surface area contributed by atoms with Crippen molar-refractivity contribution in [3.05, 3.63) is 30.1 Å². The number of benzene rings is 1. The Morgan fingerprint density at radius 1 is 1.36 bits per heavy atom. The number of ether oxygens (including phenoxy) is 1. The first kappa shape index (κ1) is 15.4. The van der Waals surface area contributed by atoms with Crippen LogP contribution in [-0.2, 0) is 11.3 Å². The molecule has 0 bridgehead atoms. The van der Waals surface area contributed by atoms with Crippen LogP contribution in [-0.4, -0.2) is 40.8 Å². The van der Waals surface area contributed by atoms with Crippen molar-refractivity contribution >= 4 is 11.0 Å². The van der Waals surface area contributed by atoms with Crippen LogP contribution >= 0.6 is 0 Å². The van der Waals surface area contributed by atoms with Crippen molar-refractivity contribution in [3.63, 3.8) is 0 Å². The van der Waals surface area contributed by atoms with Gasteiger partial charge in [-0.1, -0.05) is 12.1 Å². The molecule has 0 N–H and O–H groups in total. The Kier molecular flexibility index (Phi) is 4.69. The van der Waals surface area contributed by atoms with E-state index in [4.69, 9.17) is 4.74 Å². The van der Waals surface area contributed by atoms with Gasteiger partial charge in [0.2, 0.25) is 0 Å². The molecule has 2 heterocycles. The summed E-state index contributed by atoms with van der Waals surface area (Å²) < 4.78 is 33.5. The molecule has 0 spiro atoms. The third-order valence-electron chi connectivity index (χ3n) is 4.06. The summed E-state index contributed by atoms with van der Waals surface area (Å²) in [5, 5.41) is 0. The molecule has 0 aliphatic carbocycles. The molecule has 0 radical (unpaired) electrons. The molecule has 1 atom stereocenters. The number of fused-ring (bicyclic) bond motifs is 1. The first-order valence-electron chi connectivity index (χ1n) is 7.69. The van der Waals surface area contributed by atoms with Crippen LogP contribution in [0.15, 0.2) is 24.3 Å². The number of hydrogen-bond acceptors (Lipinski definition) is 3. The number of para-hydroxylation sites is 2. The van der Waals surface area contributed by atoms with Gasteiger partial charge < -0.3 is 4.74 Å². The summed E-state index contributed by atoms with van der Waals surface area (Å²) >= 11 is 0. The summed E-state index contributed by atoms with van der Waals surface area (Å²) in [6, 6.07) is 7.02. The van der Waals surface area contributed by atoms with Crippen LogP contribution in [0.1, 0.15) is 31.6 Å². The van der Waals surface area contributed by atoms with Crippen molar-refractivity contribution in [1.29, 1.82) is 0 Å². The molecule has 3 rings (SSSR count). The van der Waals surface area contributed by atoms with Crippen LogP contribution in [0.25, 0.3) is 11.0 Å². The molecule has 1 saturated heterocycles. The fourth-order valence-corrected chi connectivity index (χ4v) is 3.03. The molecule has 6 heteroatoms. The van der Waals surface area contributed by atoms with Gasteiger partial charge in [-0.2, -0.15) is 8.78 Å². The van der Waals surface area contributed by atoms with Crippen LogP contribution in [0, 0.1) is 0 Å². The fourth-order valence-electron chi connectivity index (χ4n) is 3.03. The third-order valence-corrected chi connectivity index (χ3v) is 4.06. The standard InChI is InChI=1S/C16H21F2N3O/c1-20(10-12-6-4-5-9-22-12)11-15-19-13-7-2-3-8-14(13)21(15)16(17)18/h2-3,7-8,12,16H,4-6,9-11H2,1H3/t12-/m0/s1. The van der Waals surface area contributed by atoms with Gasteiger partial charge in [0.25, 0.3) is 0 Å². The molecule has 120 valence electrons. The van der Waals surface area contributed by atoms with Crippen LogP contribution in [0.2, 0.25) is 0 Å². The van der Waals surface area contributed by atoms with Gasteiger partial charge in [0.1, 0.15) is 5.82 Å². The topological polar surface area (TPSA) is 30.3 Å². The monoisotopic (exact) mass is 309 g/mol. The second-order valence-corrected chi connectivity index (χ2v) is 5.85. The maximum atomic E-state index is 13.4. The lowest BCUT2D eigenvalue weighted by Gasteiger charge is -2.27. The number of nitrogens with zero attached hydrogens (tertiary/aromatic N) is 3. The molecule has 1 fully saturated rings. The SMILES string of the molecule is CN(Cc1nc2ccccc2n1C(F)F)C[C@@H]1CCCCO1. The highest BCUT2D eigenvalue weighted by molar-refractivity contribution is 5.75. The summed E-state index contributed by atoms with van der Waals surface area (Å²) in [5.41, 5.74) is 1.09. The van der Waals surface area contributed by atoms with E-state index in [1.54, 1.807) is 18.2 Å². The zero-order valence-electron chi connectivity index (χ0n) is 12.7. The van der Waals surface area contributed by atoms with Crippen molar-refractivity contribution in [3.8, 4) is 0 Å². The van der Waals surface area contributed by atoms with Crippen LogP contribution in [0.5, 0.6) is 0 Å². The summed E-state index contributed by atoms with van der Waals surface area (Å²) in [7, 11) is 1.92.